The average molecular weight is 407 g/mol. The van der Waals surface area contributed by atoms with Crippen LogP contribution in [0, 0.1) is 0 Å². The van der Waals surface area contributed by atoms with Crippen LogP contribution in [0.25, 0.3) is 0 Å². The lowest BCUT2D eigenvalue weighted by Crippen LogP contribution is -2.42. The van der Waals surface area contributed by atoms with Gasteiger partial charge in [-0.2, -0.15) is 0 Å². The van der Waals surface area contributed by atoms with Crippen molar-refractivity contribution in [3.63, 3.8) is 0 Å². The molecule has 1 aromatic carbocycles. The molecule has 3 heterocycles. The number of aromatic nitrogens is 1. The third kappa shape index (κ3) is 3.28. The summed E-state index contributed by atoms with van der Waals surface area (Å²) in [6, 6.07) is 9.59. The Morgan fingerprint density at radius 2 is 2.07 bits per heavy atom. The number of rotatable bonds is 4. The Labute approximate surface area is 175 Å². The van der Waals surface area contributed by atoms with Crippen molar-refractivity contribution in [3.05, 3.63) is 52.7 Å². The van der Waals surface area contributed by atoms with Gasteiger partial charge in [-0.1, -0.05) is 31.0 Å². The van der Waals surface area contributed by atoms with Crippen molar-refractivity contribution < 1.29 is 19.1 Å². The number of nitrogens with zero attached hydrogens (tertiary/aromatic N) is 2. The standard InChI is InChI=1S/C23H25N3O4/c1-29-22-18(21(27)24-15-10-14-6-2-5-9-20(14)30-13-15)11-17-19(25-22)12-26(23(17)28)16-7-3-4-8-16/h2,5-6,9,11,15-16H,3-4,7-8,10,12-13H2,1H3,(H,24,27)/t15-/m0/s1. The largest absolute Gasteiger partial charge is 0.491 e. The SMILES string of the molecule is COc1nc2c(cc1C(=O)N[C@@H]1COc3ccccc3C1)C(=O)N(C1CCCC1)C2. The lowest BCUT2D eigenvalue weighted by Gasteiger charge is -2.26. The van der Waals surface area contributed by atoms with Crippen molar-refractivity contribution in [2.75, 3.05) is 13.7 Å². The summed E-state index contributed by atoms with van der Waals surface area (Å²) >= 11 is 0. The molecule has 1 aromatic heterocycles. The predicted octanol–water partition coefficient (Wildman–Crippen LogP) is 2.72. The summed E-state index contributed by atoms with van der Waals surface area (Å²) in [4.78, 5) is 32.4. The number of carbonyl (C=O) groups is 2. The van der Waals surface area contributed by atoms with E-state index in [1.54, 1.807) is 6.07 Å². The molecule has 0 bridgehead atoms. The maximum atomic E-state index is 13.0. The molecule has 7 nitrogen and oxygen atoms in total. The first-order chi connectivity index (χ1) is 14.6. The highest BCUT2D eigenvalue weighted by Crippen LogP contribution is 2.33. The van der Waals surface area contributed by atoms with E-state index in [1.165, 1.54) is 7.11 Å². The van der Waals surface area contributed by atoms with Crippen LogP contribution >= 0.6 is 0 Å². The molecule has 0 spiro atoms. The molecule has 2 aromatic rings. The second-order valence-electron chi connectivity index (χ2n) is 8.20. The van der Waals surface area contributed by atoms with Gasteiger partial charge in [0.15, 0.2) is 0 Å². The van der Waals surface area contributed by atoms with Crippen molar-refractivity contribution in [1.82, 2.24) is 15.2 Å². The summed E-state index contributed by atoms with van der Waals surface area (Å²) < 4.78 is 11.2. The highest BCUT2D eigenvalue weighted by atomic mass is 16.5. The fraction of sp³-hybridized carbons (Fsp3) is 0.435. The van der Waals surface area contributed by atoms with Gasteiger partial charge in [-0.25, -0.2) is 4.98 Å². The first kappa shape index (κ1) is 18.9. The van der Waals surface area contributed by atoms with Gasteiger partial charge in [-0.15, -0.1) is 0 Å². The maximum Gasteiger partial charge on any atom is 0.257 e. The van der Waals surface area contributed by atoms with Crippen LogP contribution in [-0.4, -0.2) is 47.5 Å². The van der Waals surface area contributed by atoms with Crippen molar-refractivity contribution in [3.8, 4) is 11.6 Å². The van der Waals surface area contributed by atoms with E-state index in [0.29, 0.717) is 30.8 Å². The summed E-state index contributed by atoms with van der Waals surface area (Å²) in [6.07, 6.45) is 5.07. The predicted molar refractivity (Wildman–Crippen MR) is 110 cm³/mol. The Morgan fingerprint density at radius 1 is 1.27 bits per heavy atom. The summed E-state index contributed by atoms with van der Waals surface area (Å²) in [6.45, 7) is 0.891. The van der Waals surface area contributed by atoms with Crippen LogP contribution in [-0.2, 0) is 13.0 Å². The van der Waals surface area contributed by atoms with Crippen LogP contribution in [0.2, 0.25) is 0 Å². The fourth-order valence-corrected chi connectivity index (χ4v) is 4.74. The van der Waals surface area contributed by atoms with Crippen LogP contribution < -0.4 is 14.8 Å². The third-order valence-corrected chi connectivity index (χ3v) is 6.30. The number of ether oxygens (including phenoxy) is 2. The Morgan fingerprint density at radius 3 is 2.87 bits per heavy atom. The van der Waals surface area contributed by atoms with Crippen molar-refractivity contribution in [2.45, 2.75) is 50.7 Å². The summed E-state index contributed by atoms with van der Waals surface area (Å²) in [5.41, 5.74) is 2.56. The minimum Gasteiger partial charge on any atom is -0.491 e. The van der Waals surface area contributed by atoms with Crippen molar-refractivity contribution >= 4 is 11.8 Å². The molecule has 0 radical (unpaired) electrons. The van der Waals surface area contributed by atoms with Crippen LogP contribution in [0.15, 0.2) is 30.3 Å². The lowest BCUT2D eigenvalue weighted by molar-refractivity contribution is 0.0706. The molecule has 30 heavy (non-hydrogen) atoms. The summed E-state index contributed by atoms with van der Waals surface area (Å²) in [7, 11) is 1.50. The van der Waals surface area contributed by atoms with Gasteiger partial charge in [0, 0.05) is 6.04 Å². The monoisotopic (exact) mass is 407 g/mol. The molecule has 156 valence electrons. The van der Waals surface area contributed by atoms with Gasteiger partial charge in [0.1, 0.15) is 17.9 Å². The number of hydrogen-bond donors (Lipinski definition) is 1. The minimum absolute atomic E-state index is 0.0315. The van der Waals surface area contributed by atoms with Gasteiger partial charge in [0.25, 0.3) is 11.8 Å². The van der Waals surface area contributed by atoms with Crippen LogP contribution in [0.1, 0.15) is 57.7 Å². The highest BCUT2D eigenvalue weighted by molar-refractivity contribution is 6.03. The molecular weight excluding hydrogens is 382 g/mol. The van der Waals surface area contributed by atoms with E-state index in [0.717, 1.165) is 37.0 Å². The third-order valence-electron chi connectivity index (χ3n) is 6.30. The maximum absolute atomic E-state index is 13.0. The van der Waals surface area contributed by atoms with E-state index >= 15 is 0 Å². The lowest BCUT2D eigenvalue weighted by atomic mass is 10.0. The number of pyridine rings is 1. The van der Waals surface area contributed by atoms with Gasteiger partial charge >= 0.3 is 0 Å². The molecule has 1 aliphatic carbocycles. The molecule has 0 unspecified atom stereocenters. The number of nitrogens with one attached hydrogen (secondary N) is 1. The smallest absolute Gasteiger partial charge is 0.257 e. The molecule has 7 heteroatoms. The summed E-state index contributed by atoms with van der Waals surface area (Å²) in [5.74, 6) is 0.778. The second kappa shape index (κ2) is 7.63. The molecule has 3 aliphatic rings. The Hall–Kier alpha value is -3.09. The normalized spacial score (nSPS) is 20.5. The number of para-hydroxylation sites is 1. The van der Waals surface area contributed by atoms with E-state index in [2.05, 4.69) is 10.3 Å². The second-order valence-corrected chi connectivity index (χ2v) is 8.20. The number of amides is 2. The molecule has 0 saturated heterocycles. The molecule has 1 fully saturated rings. The zero-order valence-corrected chi connectivity index (χ0v) is 17.0. The van der Waals surface area contributed by atoms with E-state index in [1.807, 2.05) is 29.2 Å². The molecular formula is C23H25N3O4. The van der Waals surface area contributed by atoms with Crippen molar-refractivity contribution in [1.29, 1.82) is 0 Å². The number of hydrogen-bond acceptors (Lipinski definition) is 5. The zero-order valence-electron chi connectivity index (χ0n) is 17.0. The molecule has 2 aliphatic heterocycles. The zero-order chi connectivity index (χ0) is 20.7. The van der Waals surface area contributed by atoms with Crippen LogP contribution in [0.4, 0.5) is 0 Å². The van der Waals surface area contributed by atoms with Gasteiger partial charge < -0.3 is 19.7 Å². The molecule has 1 atom stereocenters. The topological polar surface area (TPSA) is 80.8 Å². The van der Waals surface area contributed by atoms with E-state index < -0.39 is 0 Å². The van der Waals surface area contributed by atoms with Gasteiger partial charge in [-0.3, -0.25) is 9.59 Å². The van der Waals surface area contributed by atoms with Gasteiger partial charge in [0.2, 0.25) is 5.88 Å². The molecule has 1 N–H and O–H groups in total. The highest BCUT2D eigenvalue weighted by Gasteiger charge is 2.37. The van der Waals surface area contributed by atoms with Crippen LogP contribution in [0.5, 0.6) is 11.6 Å². The number of fused-ring (bicyclic) bond motifs is 2. The quantitative estimate of drug-likeness (QED) is 0.843. The van der Waals surface area contributed by atoms with Gasteiger partial charge in [0.05, 0.1) is 31.0 Å². The molecule has 1 saturated carbocycles. The fourth-order valence-electron chi connectivity index (χ4n) is 4.74. The van der Waals surface area contributed by atoms with Gasteiger partial charge in [-0.05, 0) is 37.0 Å². The van der Waals surface area contributed by atoms with Crippen molar-refractivity contribution in [2.24, 2.45) is 0 Å². The molecule has 2 amide bonds. The Kier molecular flexibility index (Phi) is 4.81. The first-order valence-corrected chi connectivity index (χ1v) is 10.5. The number of carbonyl (C=O) groups excluding carboxylic acids is 2. The van der Waals surface area contributed by atoms with Crippen LogP contribution in [0.3, 0.4) is 0 Å². The number of methoxy groups -OCH3 is 1. The average Bonchev–Trinajstić information content (AvgIpc) is 3.41. The minimum atomic E-state index is -0.303. The summed E-state index contributed by atoms with van der Waals surface area (Å²) in [5, 5.41) is 3.01. The Balaban J connectivity index is 1.36. The number of benzene rings is 1. The Bertz CT molecular complexity index is 1000. The first-order valence-electron chi connectivity index (χ1n) is 10.5. The van der Waals surface area contributed by atoms with E-state index in [-0.39, 0.29) is 35.3 Å². The molecule has 5 rings (SSSR count). The van der Waals surface area contributed by atoms with E-state index in [9.17, 15) is 9.59 Å². The van der Waals surface area contributed by atoms with E-state index in [4.69, 9.17) is 9.47 Å².